The molecule has 5 heteroatoms. The number of fused-ring (bicyclic) bond motifs is 1. The van der Waals surface area contributed by atoms with E-state index in [9.17, 15) is 0 Å². The lowest BCUT2D eigenvalue weighted by Gasteiger charge is -2.22. The molecule has 0 aromatic carbocycles. The minimum atomic E-state index is 0.842. The molecule has 4 nitrogen and oxygen atoms in total. The topological polar surface area (TPSA) is 32.3 Å². The van der Waals surface area contributed by atoms with Gasteiger partial charge in [-0.2, -0.15) is 0 Å². The smallest absolute Gasteiger partial charge is 0.133 e. The van der Waals surface area contributed by atoms with Crippen molar-refractivity contribution in [2.24, 2.45) is 0 Å². The van der Waals surface area contributed by atoms with Gasteiger partial charge in [0.15, 0.2) is 0 Å². The summed E-state index contributed by atoms with van der Waals surface area (Å²) in [5.74, 6) is 1.09. The van der Waals surface area contributed by atoms with E-state index in [4.69, 9.17) is 0 Å². The minimum Gasteiger partial charge on any atom is -0.351 e. The number of rotatable bonds is 4. The van der Waals surface area contributed by atoms with Gasteiger partial charge in [-0.15, -0.1) is 17.9 Å². The fourth-order valence-electron chi connectivity index (χ4n) is 2.52. The lowest BCUT2D eigenvalue weighted by Crippen LogP contribution is -2.31. The number of aromatic nitrogens is 2. The van der Waals surface area contributed by atoms with Crippen LogP contribution in [-0.2, 0) is 13.1 Å². The third-order valence-corrected chi connectivity index (χ3v) is 4.20. The number of anilines is 1. The molecular formula is C15H18N4S. The van der Waals surface area contributed by atoms with Crippen LogP contribution < -0.4 is 4.90 Å². The van der Waals surface area contributed by atoms with E-state index in [1.165, 1.54) is 10.6 Å². The highest BCUT2D eigenvalue weighted by Crippen LogP contribution is 2.23. The van der Waals surface area contributed by atoms with Crippen LogP contribution in [0.5, 0.6) is 0 Å². The molecule has 0 aliphatic carbocycles. The third-order valence-electron chi connectivity index (χ3n) is 3.44. The second-order valence-corrected chi connectivity index (χ2v) is 5.84. The fraction of sp³-hybridized carbons (Fsp3) is 0.333. The molecule has 3 rings (SSSR count). The summed E-state index contributed by atoms with van der Waals surface area (Å²) in [6.45, 7) is 8.52. The maximum atomic E-state index is 4.55. The van der Waals surface area contributed by atoms with E-state index >= 15 is 0 Å². The van der Waals surface area contributed by atoms with Crippen LogP contribution in [0.4, 0.5) is 5.82 Å². The van der Waals surface area contributed by atoms with Gasteiger partial charge >= 0.3 is 0 Å². The molecule has 104 valence electrons. The molecule has 2 aromatic rings. The molecule has 0 amide bonds. The fourth-order valence-corrected chi connectivity index (χ4v) is 3.17. The SMILES string of the molecule is C=CCN1CCN(Cc2nccs2)Cc2cccnc21. The van der Waals surface area contributed by atoms with Crippen LogP contribution in [0, 0.1) is 0 Å². The van der Waals surface area contributed by atoms with Crippen molar-refractivity contribution in [2.75, 3.05) is 24.5 Å². The summed E-state index contributed by atoms with van der Waals surface area (Å²) >= 11 is 1.72. The predicted molar refractivity (Wildman–Crippen MR) is 82.9 cm³/mol. The minimum absolute atomic E-state index is 0.842. The van der Waals surface area contributed by atoms with Crippen LogP contribution in [0.15, 0.2) is 42.6 Å². The number of nitrogens with zero attached hydrogens (tertiary/aromatic N) is 4. The van der Waals surface area contributed by atoms with Gasteiger partial charge in [-0.1, -0.05) is 12.1 Å². The number of hydrogen-bond donors (Lipinski definition) is 0. The second-order valence-electron chi connectivity index (χ2n) is 4.86. The van der Waals surface area contributed by atoms with Crippen LogP contribution in [0.25, 0.3) is 0 Å². The largest absolute Gasteiger partial charge is 0.351 e. The maximum Gasteiger partial charge on any atom is 0.133 e. The lowest BCUT2D eigenvalue weighted by molar-refractivity contribution is 0.268. The molecule has 2 aromatic heterocycles. The van der Waals surface area contributed by atoms with Crippen molar-refractivity contribution in [1.29, 1.82) is 0 Å². The molecule has 0 unspecified atom stereocenters. The molecule has 0 saturated heterocycles. The van der Waals surface area contributed by atoms with Crippen molar-refractivity contribution in [2.45, 2.75) is 13.1 Å². The summed E-state index contributed by atoms with van der Waals surface area (Å²) < 4.78 is 0. The first kappa shape index (κ1) is 13.3. The summed E-state index contributed by atoms with van der Waals surface area (Å²) in [7, 11) is 0. The van der Waals surface area contributed by atoms with E-state index in [2.05, 4.69) is 32.4 Å². The highest BCUT2D eigenvalue weighted by atomic mass is 32.1. The van der Waals surface area contributed by atoms with Gasteiger partial charge in [0, 0.05) is 49.5 Å². The summed E-state index contributed by atoms with van der Waals surface area (Å²) in [6.07, 6.45) is 5.68. The molecule has 0 spiro atoms. The first-order valence-corrected chi connectivity index (χ1v) is 7.65. The molecule has 1 aliphatic rings. The van der Waals surface area contributed by atoms with Crippen molar-refractivity contribution in [1.82, 2.24) is 14.9 Å². The third kappa shape index (κ3) is 2.89. The Kier molecular flexibility index (Phi) is 4.08. The van der Waals surface area contributed by atoms with Gasteiger partial charge in [-0.3, -0.25) is 4.90 Å². The Balaban J connectivity index is 1.81. The molecule has 0 N–H and O–H groups in total. The Morgan fingerprint density at radius 2 is 2.25 bits per heavy atom. The molecule has 0 saturated carbocycles. The van der Waals surface area contributed by atoms with Crippen LogP contribution in [0.2, 0.25) is 0 Å². The first-order valence-electron chi connectivity index (χ1n) is 6.77. The monoisotopic (exact) mass is 286 g/mol. The van der Waals surface area contributed by atoms with Gasteiger partial charge in [0.1, 0.15) is 10.8 Å². The highest BCUT2D eigenvalue weighted by molar-refractivity contribution is 7.09. The molecular weight excluding hydrogens is 268 g/mol. The van der Waals surface area contributed by atoms with Gasteiger partial charge in [-0.25, -0.2) is 9.97 Å². The van der Waals surface area contributed by atoms with Gasteiger partial charge in [0.25, 0.3) is 0 Å². The Labute approximate surface area is 123 Å². The van der Waals surface area contributed by atoms with E-state index in [-0.39, 0.29) is 0 Å². The standard InChI is InChI=1S/C15H18N4S/c1-2-7-19-9-8-18(12-14-16-6-10-20-14)11-13-4-3-5-17-15(13)19/h2-6,10H,1,7-9,11-12H2. The number of thiazole rings is 1. The Bertz CT molecular complexity index is 567. The first-order chi connectivity index (χ1) is 9.86. The Morgan fingerprint density at radius 1 is 1.30 bits per heavy atom. The summed E-state index contributed by atoms with van der Waals surface area (Å²) in [4.78, 5) is 13.7. The van der Waals surface area contributed by atoms with E-state index in [0.29, 0.717) is 0 Å². The van der Waals surface area contributed by atoms with Gasteiger partial charge in [0.2, 0.25) is 0 Å². The summed E-state index contributed by atoms with van der Waals surface area (Å²) in [5, 5.41) is 3.21. The zero-order valence-corrected chi connectivity index (χ0v) is 12.2. The average Bonchev–Trinajstić information content (AvgIpc) is 2.90. The van der Waals surface area contributed by atoms with E-state index < -0.39 is 0 Å². The highest BCUT2D eigenvalue weighted by Gasteiger charge is 2.20. The molecule has 20 heavy (non-hydrogen) atoms. The zero-order chi connectivity index (χ0) is 13.8. The Morgan fingerprint density at radius 3 is 3.05 bits per heavy atom. The van der Waals surface area contributed by atoms with Crippen molar-refractivity contribution >= 4 is 17.2 Å². The van der Waals surface area contributed by atoms with Gasteiger partial charge < -0.3 is 4.90 Å². The predicted octanol–water partition coefficient (Wildman–Crippen LogP) is 2.55. The van der Waals surface area contributed by atoms with E-state index in [1.807, 2.05) is 29.9 Å². The molecule has 0 fully saturated rings. The van der Waals surface area contributed by atoms with E-state index in [0.717, 1.165) is 38.5 Å². The van der Waals surface area contributed by atoms with Gasteiger partial charge in [0.05, 0.1) is 6.54 Å². The Hall–Kier alpha value is -1.72. The van der Waals surface area contributed by atoms with Crippen molar-refractivity contribution in [3.8, 4) is 0 Å². The molecule has 1 aliphatic heterocycles. The van der Waals surface area contributed by atoms with Crippen molar-refractivity contribution < 1.29 is 0 Å². The quantitative estimate of drug-likeness (QED) is 0.809. The molecule has 0 atom stereocenters. The molecule has 0 bridgehead atoms. The van der Waals surface area contributed by atoms with Crippen LogP contribution in [0.3, 0.4) is 0 Å². The summed E-state index contributed by atoms with van der Waals surface area (Å²) in [5.41, 5.74) is 1.28. The second kappa shape index (κ2) is 6.15. The van der Waals surface area contributed by atoms with Crippen LogP contribution >= 0.6 is 11.3 Å². The number of hydrogen-bond acceptors (Lipinski definition) is 5. The molecule has 3 heterocycles. The maximum absolute atomic E-state index is 4.55. The molecule has 0 radical (unpaired) electrons. The van der Waals surface area contributed by atoms with E-state index in [1.54, 1.807) is 11.3 Å². The average molecular weight is 286 g/mol. The normalized spacial score (nSPS) is 15.7. The number of pyridine rings is 1. The van der Waals surface area contributed by atoms with Crippen molar-refractivity contribution in [3.63, 3.8) is 0 Å². The van der Waals surface area contributed by atoms with Crippen LogP contribution in [-0.4, -0.2) is 34.5 Å². The van der Waals surface area contributed by atoms with Crippen LogP contribution in [0.1, 0.15) is 10.6 Å². The summed E-state index contributed by atoms with van der Waals surface area (Å²) in [6, 6.07) is 4.18. The zero-order valence-electron chi connectivity index (χ0n) is 11.4. The van der Waals surface area contributed by atoms with Crippen molar-refractivity contribution in [3.05, 3.63) is 53.1 Å². The van der Waals surface area contributed by atoms with Gasteiger partial charge in [-0.05, 0) is 6.07 Å². The lowest BCUT2D eigenvalue weighted by atomic mass is 10.2.